The van der Waals surface area contributed by atoms with Crippen LogP contribution in [0.25, 0.3) is 11.7 Å². The summed E-state index contributed by atoms with van der Waals surface area (Å²) in [4.78, 5) is 28.2. The Bertz CT molecular complexity index is 735. The molecule has 134 valence electrons. The van der Waals surface area contributed by atoms with Crippen LogP contribution in [0.1, 0.15) is 43.6 Å². The molecule has 1 aliphatic rings. The average Bonchev–Trinajstić information content (AvgIpc) is 3.14. The van der Waals surface area contributed by atoms with Crippen LogP contribution in [0.5, 0.6) is 0 Å². The number of carboxylic acids is 1. The predicted molar refractivity (Wildman–Crippen MR) is 88.8 cm³/mol. The fraction of sp³-hybridized carbons (Fsp3) is 0.500. The van der Waals surface area contributed by atoms with Gasteiger partial charge in [0.2, 0.25) is 5.91 Å². The van der Waals surface area contributed by atoms with Gasteiger partial charge in [-0.15, -0.1) is 0 Å². The molecule has 0 saturated heterocycles. The minimum Gasteiger partial charge on any atom is -0.481 e. The van der Waals surface area contributed by atoms with Gasteiger partial charge in [0, 0.05) is 6.04 Å². The maximum atomic E-state index is 12.4. The zero-order valence-electron chi connectivity index (χ0n) is 14.2. The minimum atomic E-state index is -0.843. The van der Waals surface area contributed by atoms with Gasteiger partial charge >= 0.3 is 5.97 Å². The van der Waals surface area contributed by atoms with Gasteiger partial charge in [-0.05, 0) is 31.9 Å². The second kappa shape index (κ2) is 7.55. The van der Waals surface area contributed by atoms with Crippen LogP contribution in [0.4, 0.5) is 0 Å². The number of carbonyl (C=O) groups excluding carboxylic acids is 1. The largest absolute Gasteiger partial charge is 0.481 e. The molecule has 2 N–H and O–H groups in total. The van der Waals surface area contributed by atoms with E-state index in [-0.39, 0.29) is 18.4 Å². The highest BCUT2D eigenvalue weighted by molar-refractivity contribution is 5.80. The molecule has 3 rings (SSSR count). The lowest BCUT2D eigenvalue weighted by Crippen LogP contribution is -2.43. The van der Waals surface area contributed by atoms with E-state index in [0.29, 0.717) is 35.9 Å². The summed E-state index contributed by atoms with van der Waals surface area (Å²) < 4.78 is 10.8. The summed E-state index contributed by atoms with van der Waals surface area (Å²) in [6.45, 7) is 1.74. The molecule has 7 nitrogen and oxygen atoms in total. The van der Waals surface area contributed by atoms with Crippen molar-refractivity contribution in [2.75, 3.05) is 0 Å². The Morgan fingerprint density at radius 3 is 2.84 bits per heavy atom. The van der Waals surface area contributed by atoms with E-state index in [2.05, 4.69) is 10.3 Å². The van der Waals surface area contributed by atoms with Crippen LogP contribution in [0.2, 0.25) is 0 Å². The van der Waals surface area contributed by atoms with Gasteiger partial charge in [0.1, 0.15) is 5.76 Å². The number of nitrogens with zero attached hydrogens (tertiary/aromatic N) is 1. The lowest BCUT2D eigenvalue weighted by molar-refractivity contribution is -0.143. The van der Waals surface area contributed by atoms with Gasteiger partial charge < -0.3 is 19.3 Å². The molecule has 1 fully saturated rings. The molecule has 1 saturated carbocycles. The first-order valence-electron chi connectivity index (χ1n) is 8.57. The Morgan fingerprint density at radius 2 is 2.12 bits per heavy atom. The summed E-state index contributed by atoms with van der Waals surface area (Å²) in [5.41, 5.74) is 0.532. The summed E-state index contributed by atoms with van der Waals surface area (Å²) in [5.74, 6) is -0.209. The van der Waals surface area contributed by atoms with E-state index in [4.69, 9.17) is 8.83 Å². The number of oxazole rings is 1. The molecular formula is C18H22N2O5. The molecule has 1 amide bonds. The Balaban J connectivity index is 1.66. The molecule has 2 heterocycles. The van der Waals surface area contributed by atoms with Crippen LogP contribution in [-0.2, 0) is 16.0 Å². The molecule has 2 aromatic rings. The molecule has 25 heavy (non-hydrogen) atoms. The van der Waals surface area contributed by atoms with E-state index < -0.39 is 11.9 Å². The molecule has 0 spiro atoms. The Hall–Kier alpha value is -2.57. The first-order chi connectivity index (χ1) is 12.0. The number of carboxylic acid groups (broad SMARTS) is 1. The number of hydrogen-bond donors (Lipinski definition) is 2. The van der Waals surface area contributed by atoms with Crippen LogP contribution < -0.4 is 5.32 Å². The van der Waals surface area contributed by atoms with Crippen molar-refractivity contribution in [2.24, 2.45) is 5.92 Å². The van der Waals surface area contributed by atoms with E-state index in [9.17, 15) is 14.7 Å². The molecule has 0 aromatic carbocycles. The van der Waals surface area contributed by atoms with Crippen LogP contribution in [0.3, 0.4) is 0 Å². The topological polar surface area (TPSA) is 106 Å². The maximum absolute atomic E-state index is 12.4. The highest BCUT2D eigenvalue weighted by Crippen LogP contribution is 2.25. The lowest BCUT2D eigenvalue weighted by Gasteiger charge is -2.22. The Morgan fingerprint density at radius 1 is 1.32 bits per heavy atom. The molecule has 2 aromatic heterocycles. The number of nitrogens with one attached hydrogen (secondary N) is 1. The van der Waals surface area contributed by atoms with Crippen LogP contribution in [-0.4, -0.2) is 28.0 Å². The second-order valence-corrected chi connectivity index (χ2v) is 6.43. The quantitative estimate of drug-likeness (QED) is 0.806. The van der Waals surface area contributed by atoms with Crippen LogP contribution in [0, 0.1) is 12.8 Å². The summed E-state index contributed by atoms with van der Waals surface area (Å²) in [5, 5.41) is 12.3. The van der Waals surface area contributed by atoms with Crippen molar-refractivity contribution < 1.29 is 23.5 Å². The maximum Gasteiger partial charge on any atom is 0.308 e. The van der Waals surface area contributed by atoms with Gasteiger partial charge in [-0.1, -0.05) is 19.3 Å². The van der Waals surface area contributed by atoms with Crippen LogP contribution in [0.15, 0.2) is 27.2 Å². The van der Waals surface area contributed by atoms with Crippen molar-refractivity contribution >= 4 is 11.9 Å². The van der Waals surface area contributed by atoms with Gasteiger partial charge in [-0.3, -0.25) is 9.59 Å². The summed E-state index contributed by atoms with van der Waals surface area (Å²) >= 11 is 0. The third-order valence-electron chi connectivity index (χ3n) is 4.63. The second-order valence-electron chi connectivity index (χ2n) is 6.43. The number of aryl methyl sites for hydroxylation is 1. The normalized spacial score (nSPS) is 20.8. The van der Waals surface area contributed by atoms with Gasteiger partial charge in [0.05, 0.1) is 24.3 Å². The predicted octanol–water partition coefficient (Wildman–Crippen LogP) is 2.94. The molecule has 1 aliphatic carbocycles. The number of amides is 1. The van der Waals surface area contributed by atoms with E-state index in [1.807, 2.05) is 0 Å². The smallest absolute Gasteiger partial charge is 0.308 e. The zero-order chi connectivity index (χ0) is 17.8. The molecule has 0 radical (unpaired) electrons. The number of aliphatic carboxylic acids is 1. The fourth-order valence-corrected chi connectivity index (χ4v) is 3.28. The van der Waals surface area contributed by atoms with Crippen molar-refractivity contribution in [1.29, 1.82) is 0 Å². The lowest BCUT2D eigenvalue weighted by atomic mass is 9.94. The number of rotatable bonds is 5. The highest BCUT2D eigenvalue weighted by Gasteiger charge is 2.30. The first-order valence-corrected chi connectivity index (χ1v) is 8.57. The molecular weight excluding hydrogens is 324 g/mol. The van der Waals surface area contributed by atoms with E-state index in [1.54, 1.807) is 19.1 Å². The first kappa shape index (κ1) is 17.3. The third-order valence-corrected chi connectivity index (χ3v) is 4.63. The van der Waals surface area contributed by atoms with Gasteiger partial charge in [-0.25, -0.2) is 4.98 Å². The van der Waals surface area contributed by atoms with E-state index in [1.165, 1.54) is 6.26 Å². The zero-order valence-corrected chi connectivity index (χ0v) is 14.2. The molecule has 0 unspecified atom stereocenters. The molecule has 0 aliphatic heterocycles. The van der Waals surface area contributed by atoms with Crippen molar-refractivity contribution in [3.8, 4) is 11.7 Å². The number of carbonyl (C=O) groups is 2. The molecule has 7 heteroatoms. The summed E-state index contributed by atoms with van der Waals surface area (Å²) in [7, 11) is 0. The van der Waals surface area contributed by atoms with Crippen molar-refractivity contribution in [2.45, 2.75) is 51.5 Å². The van der Waals surface area contributed by atoms with Gasteiger partial charge in [0.25, 0.3) is 5.89 Å². The standard InChI is InChI=1S/C18H22N2O5/c1-11-14(20-17(25-11)15-8-5-9-24-15)10-16(21)19-13-7-4-2-3-6-12(13)18(22)23/h5,8-9,12-13H,2-4,6-7,10H2,1H3,(H,19,21)(H,22,23)/t12-,13+/m1/s1. The van der Waals surface area contributed by atoms with Crippen molar-refractivity contribution in [3.63, 3.8) is 0 Å². The summed E-state index contributed by atoms with van der Waals surface area (Å²) in [6, 6.07) is 3.14. The SMILES string of the molecule is Cc1oc(-c2ccco2)nc1CC(=O)N[C@H]1CCCCC[C@H]1C(=O)O. The van der Waals surface area contributed by atoms with Crippen molar-refractivity contribution in [3.05, 3.63) is 29.9 Å². The minimum absolute atomic E-state index is 0.0544. The number of aromatic nitrogens is 1. The third kappa shape index (κ3) is 4.10. The molecule has 0 bridgehead atoms. The number of furan rings is 1. The monoisotopic (exact) mass is 346 g/mol. The van der Waals surface area contributed by atoms with E-state index >= 15 is 0 Å². The van der Waals surface area contributed by atoms with E-state index in [0.717, 1.165) is 19.3 Å². The van der Waals surface area contributed by atoms with Gasteiger partial charge in [0.15, 0.2) is 5.76 Å². The number of hydrogen-bond acceptors (Lipinski definition) is 5. The van der Waals surface area contributed by atoms with Gasteiger partial charge in [-0.2, -0.15) is 0 Å². The van der Waals surface area contributed by atoms with Crippen molar-refractivity contribution in [1.82, 2.24) is 10.3 Å². The molecule has 2 atom stereocenters. The Labute approximate surface area is 145 Å². The Kier molecular flexibility index (Phi) is 5.21. The fourth-order valence-electron chi connectivity index (χ4n) is 3.28. The average molecular weight is 346 g/mol. The summed E-state index contributed by atoms with van der Waals surface area (Å²) in [6.07, 6.45) is 5.70. The van der Waals surface area contributed by atoms with Crippen LogP contribution >= 0.6 is 0 Å². The highest BCUT2D eigenvalue weighted by atomic mass is 16.4.